The van der Waals surface area contributed by atoms with Crippen molar-refractivity contribution < 1.29 is 4.74 Å². The lowest BCUT2D eigenvalue weighted by molar-refractivity contribution is -0.0355. The molecule has 0 radical (unpaired) electrons. The van der Waals surface area contributed by atoms with Crippen LogP contribution in [0.4, 0.5) is 10.9 Å². The Morgan fingerprint density at radius 1 is 1.31 bits per heavy atom. The van der Waals surface area contributed by atoms with Crippen molar-refractivity contribution >= 4 is 22.3 Å². The van der Waals surface area contributed by atoms with Crippen molar-refractivity contribution in [2.24, 2.45) is 7.05 Å². The van der Waals surface area contributed by atoms with Crippen LogP contribution in [0.5, 0.6) is 0 Å². The van der Waals surface area contributed by atoms with Crippen LogP contribution in [0.2, 0.25) is 0 Å². The van der Waals surface area contributed by atoms with E-state index >= 15 is 0 Å². The van der Waals surface area contributed by atoms with Crippen LogP contribution in [0.3, 0.4) is 0 Å². The number of ether oxygens (including phenoxy) is 1. The second-order valence-electron chi connectivity index (χ2n) is 6.41. The summed E-state index contributed by atoms with van der Waals surface area (Å²) in [5.74, 6) is 0.796. The molecule has 3 aromatic rings. The van der Waals surface area contributed by atoms with Gasteiger partial charge in [-0.15, -0.1) is 11.3 Å². The molecule has 8 heteroatoms. The maximum Gasteiger partial charge on any atom is 0.188 e. The standard InChI is InChI=1S/C18H22N6OS/c1-13-12-26-18(20-13)22-17-5-3-4-15(21-17)16-11-24(8-9-25-16)10-14-6-7-19-23(14)2/h3-7,12,16H,8-11H2,1-2H3,(H,20,21,22)/t16-/m0/s1. The highest BCUT2D eigenvalue weighted by Gasteiger charge is 2.24. The van der Waals surface area contributed by atoms with Gasteiger partial charge in [0.05, 0.1) is 23.7 Å². The predicted octanol–water partition coefficient (Wildman–Crippen LogP) is 2.90. The Morgan fingerprint density at radius 3 is 3.00 bits per heavy atom. The lowest BCUT2D eigenvalue weighted by Crippen LogP contribution is -2.38. The normalized spacial score (nSPS) is 18.2. The quantitative estimate of drug-likeness (QED) is 0.745. The van der Waals surface area contributed by atoms with Gasteiger partial charge < -0.3 is 10.1 Å². The Balaban J connectivity index is 1.44. The second-order valence-corrected chi connectivity index (χ2v) is 7.27. The number of rotatable bonds is 5. The van der Waals surface area contributed by atoms with Gasteiger partial charge in [-0.05, 0) is 25.1 Å². The fraction of sp³-hybridized carbons (Fsp3) is 0.389. The topological polar surface area (TPSA) is 68.1 Å². The molecule has 0 aromatic carbocycles. The van der Waals surface area contributed by atoms with Crippen LogP contribution in [-0.4, -0.2) is 44.3 Å². The first-order valence-electron chi connectivity index (χ1n) is 8.64. The number of nitrogens with zero attached hydrogens (tertiary/aromatic N) is 5. The molecule has 3 aromatic heterocycles. The molecule has 0 amide bonds. The minimum atomic E-state index is -0.0308. The van der Waals surface area contributed by atoms with Gasteiger partial charge in [0.25, 0.3) is 0 Å². The van der Waals surface area contributed by atoms with E-state index in [2.05, 4.69) is 26.4 Å². The van der Waals surface area contributed by atoms with Crippen molar-refractivity contribution in [3.05, 3.63) is 52.9 Å². The summed E-state index contributed by atoms with van der Waals surface area (Å²) in [6.07, 6.45) is 1.81. The van der Waals surface area contributed by atoms with E-state index < -0.39 is 0 Å². The van der Waals surface area contributed by atoms with Crippen LogP contribution >= 0.6 is 11.3 Å². The first-order valence-corrected chi connectivity index (χ1v) is 9.52. The Bertz CT molecular complexity index is 876. The minimum Gasteiger partial charge on any atom is -0.369 e. The van der Waals surface area contributed by atoms with Gasteiger partial charge in [-0.3, -0.25) is 9.58 Å². The number of anilines is 2. The zero-order chi connectivity index (χ0) is 17.9. The third-order valence-corrected chi connectivity index (χ3v) is 5.29. The van der Waals surface area contributed by atoms with Crippen molar-refractivity contribution in [2.75, 3.05) is 25.0 Å². The Kier molecular flexibility index (Phi) is 4.96. The number of aromatic nitrogens is 4. The molecule has 7 nitrogen and oxygen atoms in total. The zero-order valence-corrected chi connectivity index (χ0v) is 15.7. The summed E-state index contributed by atoms with van der Waals surface area (Å²) in [6.45, 7) is 5.29. The molecule has 1 N–H and O–H groups in total. The van der Waals surface area contributed by atoms with Crippen molar-refractivity contribution in [2.45, 2.75) is 19.6 Å². The van der Waals surface area contributed by atoms with Crippen molar-refractivity contribution in [1.82, 2.24) is 24.6 Å². The zero-order valence-electron chi connectivity index (χ0n) is 14.9. The molecule has 136 valence electrons. The lowest BCUT2D eigenvalue weighted by atomic mass is 10.2. The van der Waals surface area contributed by atoms with Crippen molar-refractivity contribution in [1.29, 1.82) is 0 Å². The highest BCUT2D eigenvalue weighted by atomic mass is 32.1. The fourth-order valence-electron chi connectivity index (χ4n) is 3.03. The molecule has 4 heterocycles. The predicted molar refractivity (Wildman–Crippen MR) is 102 cm³/mol. The first kappa shape index (κ1) is 17.1. The van der Waals surface area contributed by atoms with Crippen LogP contribution in [0.25, 0.3) is 0 Å². The fourth-order valence-corrected chi connectivity index (χ4v) is 3.73. The molecule has 0 saturated carbocycles. The monoisotopic (exact) mass is 370 g/mol. The molecule has 4 rings (SSSR count). The van der Waals surface area contributed by atoms with E-state index in [-0.39, 0.29) is 6.10 Å². The van der Waals surface area contributed by atoms with Crippen LogP contribution < -0.4 is 5.32 Å². The molecule has 1 fully saturated rings. The average molecular weight is 370 g/mol. The molecular weight excluding hydrogens is 348 g/mol. The Hall–Kier alpha value is -2.29. The molecule has 0 bridgehead atoms. The largest absolute Gasteiger partial charge is 0.369 e. The van der Waals surface area contributed by atoms with Crippen LogP contribution in [0.15, 0.2) is 35.8 Å². The number of thiazole rings is 1. The second kappa shape index (κ2) is 7.53. The van der Waals surface area contributed by atoms with E-state index in [4.69, 9.17) is 9.72 Å². The van der Waals surface area contributed by atoms with Gasteiger partial charge in [0.2, 0.25) is 0 Å². The van der Waals surface area contributed by atoms with Gasteiger partial charge in [0.1, 0.15) is 11.9 Å². The summed E-state index contributed by atoms with van der Waals surface area (Å²) in [5, 5.41) is 10.4. The molecular formula is C18H22N6OS. The van der Waals surface area contributed by atoms with Gasteiger partial charge in [0.15, 0.2) is 5.13 Å². The molecule has 26 heavy (non-hydrogen) atoms. The van der Waals surface area contributed by atoms with Gasteiger partial charge in [-0.1, -0.05) is 6.07 Å². The van der Waals surface area contributed by atoms with E-state index in [1.807, 2.05) is 48.4 Å². The highest BCUT2D eigenvalue weighted by Crippen LogP contribution is 2.25. The third kappa shape index (κ3) is 3.92. The summed E-state index contributed by atoms with van der Waals surface area (Å²) in [4.78, 5) is 11.6. The molecule has 1 aliphatic heterocycles. The molecule has 1 aliphatic rings. The number of nitrogens with one attached hydrogen (secondary N) is 1. The summed E-state index contributed by atoms with van der Waals surface area (Å²) < 4.78 is 7.91. The van der Waals surface area contributed by atoms with Crippen molar-refractivity contribution in [3.8, 4) is 0 Å². The van der Waals surface area contributed by atoms with E-state index in [0.717, 1.165) is 42.0 Å². The van der Waals surface area contributed by atoms with E-state index in [0.29, 0.717) is 6.61 Å². The van der Waals surface area contributed by atoms with Crippen LogP contribution in [0.1, 0.15) is 23.2 Å². The maximum absolute atomic E-state index is 5.99. The molecule has 1 saturated heterocycles. The molecule has 0 aliphatic carbocycles. The first-order chi connectivity index (χ1) is 12.7. The number of aryl methyl sites for hydroxylation is 2. The minimum absolute atomic E-state index is 0.0308. The summed E-state index contributed by atoms with van der Waals surface area (Å²) in [7, 11) is 1.98. The number of hydrogen-bond donors (Lipinski definition) is 1. The molecule has 0 unspecified atom stereocenters. The smallest absolute Gasteiger partial charge is 0.188 e. The van der Waals surface area contributed by atoms with Crippen LogP contribution in [-0.2, 0) is 18.3 Å². The third-order valence-electron chi connectivity index (χ3n) is 4.41. The van der Waals surface area contributed by atoms with Crippen LogP contribution in [0, 0.1) is 6.92 Å². The van der Waals surface area contributed by atoms with E-state index in [1.54, 1.807) is 11.3 Å². The number of hydrogen-bond acceptors (Lipinski definition) is 7. The lowest BCUT2D eigenvalue weighted by Gasteiger charge is -2.32. The van der Waals surface area contributed by atoms with Gasteiger partial charge in [-0.25, -0.2) is 9.97 Å². The average Bonchev–Trinajstić information content (AvgIpc) is 3.24. The summed E-state index contributed by atoms with van der Waals surface area (Å²) in [5.41, 5.74) is 3.15. The number of pyridine rings is 1. The summed E-state index contributed by atoms with van der Waals surface area (Å²) >= 11 is 1.58. The highest BCUT2D eigenvalue weighted by molar-refractivity contribution is 7.13. The SMILES string of the molecule is Cc1csc(Nc2cccc([C@@H]3CN(Cc4ccnn4C)CCO3)n2)n1. The van der Waals surface area contributed by atoms with Gasteiger partial charge in [0, 0.05) is 38.3 Å². The Morgan fingerprint density at radius 2 is 2.23 bits per heavy atom. The number of morpholine rings is 1. The van der Waals surface area contributed by atoms with Crippen molar-refractivity contribution in [3.63, 3.8) is 0 Å². The van der Waals surface area contributed by atoms with Gasteiger partial charge >= 0.3 is 0 Å². The van der Waals surface area contributed by atoms with E-state index in [1.165, 1.54) is 5.69 Å². The summed E-state index contributed by atoms with van der Waals surface area (Å²) in [6, 6.07) is 8.05. The van der Waals surface area contributed by atoms with Gasteiger partial charge in [-0.2, -0.15) is 5.10 Å². The van der Waals surface area contributed by atoms with E-state index in [9.17, 15) is 0 Å². The maximum atomic E-state index is 5.99. The molecule has 0 spiro atoms. The Labute approximate surface area is 156 Å². The molecule has 1 atom stereocenters.